The Balaban J connectivity index is 1.74. The first-order chi connectivity index (χ1) is 11.0. The Labute approximate surface area is 137 Å². The van der Waals surface area contributed by atoms with Crippen LogP contribution in [0, 0.1) is 5.92 Å². The molecule has 1 aromatic rings. The van der Waals surface area contributed by atoms with E-state index in [1.54, 1.807) is 0 Å². The summed E-state index contributed by atoms with van der Waals surface area (Å²) in [5.74, 6) is 0.391. The van der Waals surface area contributed by atoms with Gasteiger partial charge >= 0.3 is 6.09 Å². The van der Waals surface area contributed by atoms with Gasteiger partial charge in [-0.3, -0.25) is 4.79 Å². The molecule has 3 aliphatic heterocycles. The van der Waals surface area contributed by atoms with Gasteiger partial charge in [0.1, 0.15) is 0 Å². The molecule has 0 aromatic heterocycles. The molecule has 4 rings (SSSR count). The van der Waals surface area contributed by atoms with Crippen LogP contribution in [-0.2, 0) is 4.74 Å². The summed E-state index contributed by atoms with van der Waals surface area (Å²) in [6.45, 7) is 5.72. The van der Waals surface area contributed by atoms with Crippen molar-refractivity contribution in [2.75, 3.05) is 19.6 Å². The monoisotopic (exact) mass is 316 g/mol. The van der Waals surface area contributed by atoms with Crippen LogP contribution in [0.5, 0.6) is 0 Å². The van der Waals surface area contributed by atoms with Gasteiger partial charge in [-0.15, -0.1) is 0 Å². The van der Waals surface area contributed by atoms with Crippen LogP contribution in [0.1, 0.15) is 37.0 Å². The molecular formula is C18H24N2O3. The third-order valence-corrected chi connectivity index (χ3v) is 4.59. The number of hydrogen-bond donors (Lipinski definition) is 0. The van der Waals surface area contributed by atoms with Crippen LogP contribution in [0.4, 0.5) is 4.79 Å². The topological polar surface area (TPSA) is 49.9 Å². The van der Waals surface area contributed by atoms with Crippen molar-refractivity contribution in [3.63, 3.8) is 0 Å². The Morgan fingerprint density at radius 3 is 2.52 bits per heavy atom. The third kappa shape index (κ3) is 3.49. The summed E-state index contributed by atoms with van der Waals surface area (Å²) in [4.78, 5) is 28.7. The molecule has 3 saturated heterocycles. The van der Waals surface area contributed by atoms with Crippen molar-refractivity contribution in [2.45, 2.75) is 38.8 Å². The van der Waals surface area contributed by atoms with Crippen molar-refractivity contribution in [1.29, 1.82) is 0 Å². The Kier molecular flexibility index (Phi) is 4.55. The zero-order valence-electron chi connectivity index (χ0n) is 13.8. The van der Waals surface area contributed by atoms with Crippen LogP contribution in [0.2, 0.25) is 0 Å². The van der Waals surface area contributed by atoms with Gasteiger partial charge in [-0.05, 0) is 44.7 Å². The normalized spacial score (nSPS) is 23.8. The van der Waals surface area contributed by atoms with Gasteiger partial charge in [0.2, 0.25) is 0 Å². The Hall–Kier alpha value is -2.04. The van der Waals surface area contributed by atoms with E-state index in [1.165, 1.54) is 0 Å². The first kappa shape index (κ1) is 15.8. The molecule has 3 heterocycles. The van der Waals surface area contributed by atoms with Crippen molar-refractivity contribution in [1.82, 2.24) is 9.80 Å². The lowest BCUT2D eigenvalue weighted by molar-refractivity contribution is 0.0480. The average Bonchev–Trinajstić information content (AvgIpc) is 2.86. The largest absolute Gasteiger partial charge is 0.447 e. The molecule has 0 aliphatic carbocycles. The fourth-order valence-electron chi connectivity index (χ4n) is 3.50. The minimum Gasteiger partial charge on any atom is -0.447 e. The van der Waals surface area contributed by atoms with Crippen molar-refractivity contribution >= 4 is 12.0 Å². The second-order valence-corrected chi connectivity index (χ2v) is 6.76. The summed E-state index contributed by atoms with van der Waals surface area (Å²) in [5.41, 5.74) is 0.713. The second-order valence-electron chi connectivity index (χ2n) is 6.76. The number of nitrogens with zero attached hydrogens (tertiary/aromatic N) is 2. The van der Waals surface area contributed by atoms with Crippen LogP contribution in [0.3, 0.4) is 0 Å². The number of piperidine rings is 1. The van der Waals surface area contributed by atoms with Gasteiger partial charge in [-0.2, -0.15) is 0 Å². The molecule has 0 N–H and O–H groups in total. The van der Waals surface area contributed by atoms with E-state index in [1.807, 2.05) is 54.0 Å². The number of fused-ring (bicyclic) bond motifs is 4. The van der Waals surface area contributed by atoms with Crippen LogP contribution < -0.4 is 0 Å². The highest BCUT2D eigenvalue weighted by Crippen LogP contribution is 2.29. The molecule has 0 unspecified atom stereocenters. The predicted molar refractivity (Wildman–Crippen MR) is 87.2 cm³/mol. The van der Waals surface area contributed by atoms with E-state index in [4.69, 9.17) is 4.74 Å². The minimum absolute atomic E-state index is 0.0570. The summed E-state index contributed by atoms with van der Waals surface area (Å²) < 4.78 is 5.36. The van der Waals surface area contributed by atoms with Crippen LogP contribution in [0.25, 0.3) is 0 Å². The number of rotatable bonds is 2. The van der Waals surface area contributed by atoms with E-state index in [2.05, 4.69) is 0 Å². The molecule has 5 nitrogen and oxygen atoms in total. The number of carbonyl (C=O) groups is 2. The maximum absolute atomic E-state index is 12.7. The molecule has 0 radical (unpaired) electrons. The number of carbonyl (C=O) groups excluding carboxylic acids is 2. The summed E-state index contributed by atoms with van der Waals surface area (Å²) >= 11 is 0. The molecule has 0 saturated carbocycles. The maximum Gasteiger partial charge on any atom is 0.410 e. The lowest BCUT2D eigenvalue weighted by Crippen LogP contribution is -2.48. The summed E-state index contributed by atoms with van der Waals surface area (Å²) in [6.07, 6.45) is 1.64. The molecule has 0 spiro atoms. The van der Waals surface area contributed by atoms with E-state index in [0.29, 0.717) is 24.6 Å². The van der Waals surface area contributed by atoms with E-state index >= 15 is 0 Å². The Bertz CT molecular complexity index is 573. The van der Waals surface area contributed by atoms with Crippen LogP contribution in [-0.4, -0.2) is 53.6 Å². The fourth-order valence-corrected chi connectivity index (χ4v) is 3.50. The Morgan fingerprint density at radius 2 is 1.83 bits per heavy atom. The highest BCUT2D eigenvalue weighted by atomic mass is 16.6. The molecule has 3 fully saturated rings. The quantitative estimate of drug-likeness (QED) is 0.843. The summed E-state index contributed by atoms with van der Waals surface area (Å²) in [6, 6.07) is 9.43. The lowest BCUT2D eigenvalue weighted by Gasteiger charge is -2.35. The minimum atomic E-state index is -0.247. The van der Waals surface area contributed by atoms with Crippen molar-refractivity contribution < 1.29 is 14.3 Å². The second kappa shape index (κ2) is 6.60. The van der Waals surface area contributed by atoms with Crippen LogP contribution >= 0.6 is 0 Å². The van der Waals surface area contributed by atoms with Gasteiger partial charge in [0, 0.05) is 25.2 Å². The molecule has 124 valence electrons. The molecule has 2 atom stereocenters. The van der Waals surface area contributed by atoms with Gasteiger partial charge in [0.25, 0.3) is 5.91 Å². The molecule has 3 aliphatic rings. The first-order valence-electron chi connectivity index (χ1n) is 8.36. The molecule has 23 heavy (non-hydrogen) atoms. The summed E-state index contributed by atoms with van der Waals surface area (Å²) in [5, 5.41) is 0. The zero-order chi connectivity index (χ0) is 16.4. The number of benzene rings is 1. The van der Waals surface area contributed by atoms with Crippen molar-refractivity contribution in [3.8, 4) is 0 Å². The fraction of sp³-hybridized carbons (Fsp3) is 0.556. The smallest absolute Gasteiger partial charge is 0.410 e. The van der Waals surface area contributed by atoms with E-state index in [0.717, 1.165) is 19.4 Å². The molecule has 2 amide bonds. The zero-order valence-corrected chi connectivity index (χ0v) is 13.8. The number of hydrogen-bond acceptors (Lipinski definition) is 3. The van der Waals surface area contributed by atoms with Gasteiger partial charge in [0.15, 0.2) is 0 Å². The molecule has 2 bridgehead atoms. The van der Waals surface area contributed by atoms with Gasteiger partial charge in [0.05, 0.1) is 12.1 Å². The SMILES string of the molecule is CC(C)OC(=O)N1C[C@@H]2CC[C@H]1CN(C(=O)c1ccccc1)C2. The molecule has 1 aromatic carbocycles. The van der Waals surface area contributed by atoms with Crippen molar-refractivity contribution in [3.05, 3.63) is 35.9 Å². The molecule has 5 heteroatoms. The first-order valence-corrected chi connectivity index (χ1v) is 8.36. The van der Waals surface area contributed by atoms with Gasteiger partial charge < -0.3 is 14.5 Å². The van der Waals surface area contributed by atoms with Crippen LogP contribution in [0.15, 0.2) is 30.3 Å². The number of ether oxygens (including phenoxy) is 1. The highest BCUT2D eigenvalue weighted by molar-refractivity contribution is 5.94. The van der Waals surface area contributed by atoms with Gasteiger partial charge in [-0.1, -0.05) is 18.2 Å². The van der Waals surface area contributed by atoms with E-state index < -0.39 is 0 Å². The predicted octanol–water partition coefficient (Wildman–Crippen LogP) is 2.77. The molecular weight excluding hydrogens is 292 g/mol. The van der Waals surface area contributed by atoms with Gasteiger partial charge in [-0.25, -0.2) is 4.79 Å². The maximum atomic E-state index is 12.7. The number of amides is 2. The standard InChI is InChI=1S/C18H24N2O3/c1-13(2)23-18(22)20-11-14-8-9-16(20)12-19(10-14)17(21)15-6-4-3-5-7-15/h3-7,13-14,16H,8-12H2,1-2H3/t14-,16+/m1/s1. The summed E-state index contributed by atoms with van der Waals surface area (Å²) in [7, 11) is 0. The van der Waals surface area contributed by atoms with E-state index in [9.17, 15) is 9.59 Å². The third-order valence-electron chi connectivity index (χ3n) is 4.59. The van der Waals surface area contributed by atoms with E-state index in [-0.39, 0.29) is 24.1 Å². The highest BCUT2D eigenvalue weighted by Gasteiger charge is 2.39. The average molecular weight is 316 g/mol. The lowest BCUT2D eigenvalue weighted by atomic mass is 9.95. The van der Waals surface area contributed by atoms with Crippen molar-refractivity contribution in [2.24, 2.45) is 5.92 Å². The Morgan fingerprint density at radius 1 is 1.09 bits per heavy atom.